The van der Waals surface area contributed by atoms with Gasteiger partial charge in [0.1, 0.15) is 12.2 Å². The SMILES string of the molecule is CO[C@@H]1COC[C@@H](N(C)C(=O)c2ocnc2C)[C@@H]1O. The number of carbonyl (C=O) groups excluding carboxylic acids is 1. The Labute approximate surface area is 111 Å². The van der Waals surface area contributed by atoms with E-state index in [4.69, 9.17) is 13.9 Å². The topological polar surface area (TPSA) is 85.0 Å². The van der Waals surface area contributed by atoms with Gasteiger partial charge in [-0.15, -0.1) is 0 Å². The van der Waals surface area contributed by atoms with E-state index in [1.807, 2.05) is 0 Å². The molecule has 0 bridgehead atoms. The number of nitrogens with zero attached hydrogens (tertiary/aromatic N) is 2. The molecule has 7 nitrogen and oxygen atoms in total. The second-order valence-electron chi connectivity index (χ2n) is 4.55. The van der Waals surface area contributed by atoms with Crippen molar-refractivity contribution in [3.05, 3.63) is 17.8 Å². The maximum Gasteiger partial charge on any atom is 0.291 e. The number of hydrogen-bond acceptors (Lipinski definition) is 6. The van der Waals surface area contributed by atoms with Crippen LogP contribution in [-0.2, 0) is 9.47 Å². The van der Waals surface area contributed by atoms with Crippen LogP contribution in [0.1, 0.15) is 16.2 Å². The number of amides is 1. The van der Waals surface area contributed by atoms with Crippen molar-refractivity contribution in [1.82, 2.24) is 9.88 Å². The van der Waals surface area contributed by atoms with Gasteiger partial charge in [0.25, 0.3) is 5.91 Å². The van der Waals surface area contributed by atoms with E-state index in [1.54, 1.807) is 14.0 Å². The molecule has 1 saturated heterocycles. The Kier molecular flexibility index (Phi) is 4.18. The number of rotatable bonds is 3. The number of methoxy groups -OCH3 is 1. The fraction of sp³-hybridized carbons (Fsp3) is 0.667. The van der Waals surface area contributed by atoms with Gasteiger partial charge in [-0.05, 0) is 6.92 Å². The molecule has 106 valence electrons. The summed E-state index contributed by atoms with van der Waals surface area (Å²) in [5.74, 6) is -0.159. The van der Waals surface area contributed by atoms with Gasteiger partial charge in [-0.3, -0.25) is 4.79 Å². The maximum absolute atomic E-state index is 12.3. The second kappa shape index (κ2) is 5.68. The van der Waals surface area contributed by atoms with Crippen molar-refractivity contribution < 1.29 is 23.8 Å². The third-order valence-corrected chi connectivity index (χ3v) is 3.41. The van der Waals surface area contributed by atoms with Gasteiger partial charge in [-0.2, -0.15) is 0 Å². The number of aliphatic hydroxyl groups is 1. The lowest BCUT2D eigenvalue weighted by molar-refractivity contribution is -0.135. The third kappa shape index (κ3) is 2.63. The molecule has 1 aliphatic rings. The predicted octanol–water partition coefficient (Wildman–Crippen LogP) is -0.170. The van der Waals surface area contributed by atoms with Crippen LogP contribution < -0.4 is 0 Å². The molecule has 0 aliphatic carbocycles. The average Bonchev–Trinajstić information content (AvgIpc) is 2.83. The van der Waals surface area contributed by atoms with E-state index in [-0.39, 0.29) is 18.3 Å². The predicted molar refractivity (Wildman–Crippen MR) is 64.7 cm³/mol. The lowest BCUT2D eigenvalue weighted by Crippen LogP contribution is -2.56. The minimum absolute atomic E-state index is 0.175. The quantitative estimate of drug-likeness (QED) is 0.820. The Hall–Kier alpha value is -1.44. The summed E-state index contributed by atoms with van der Waals surface area (Å²) in [5, 5.41) is 10.2. The highest BCUT2D eigenvalue weighted by Crippen LogP contribution is 2.18. The van der Waals surface area contributed by atoms with Gasteiger partial charge < -0.3 is 23.9 Å². The smallest absolute Gasteiger partial charge is 0.291 e. The number of likely N-dealkylation sites (N-methyl/N-ethyl adjacent to an activating group) is 1. The summed E-state index contributed by atoms with van der Waals surface area (Å²) >= 11 is 0. The molecule has 19 heavy (non-hydrogen) atoms. The summed E-state index contributed by atoms with van der Waals surface area (Å²) < 4.78 is 15.5. The van der Waals surface area contributed by atoms with E-state index < -0.39 is 18.2 Å². The molecule has 1 fully saturated rings. The summed E-state index contributed by atoms with van der Waals surface area (Å²) in [4.78, 5) is 17.5. The molecule has 0 radical (unpaired) electrons. The molecule has 0 unspecified atom stereocenters. The fourth-order valence-corrected chi connectivity index (χ4v) is 2.12. The number of aryl methyl sites for hydroxylation is 1. The molecule has 1 aromatic heterocycles. The first-order chi connectivity index (χ1) is 9.06. The highest BCUT2D eigenvalue weighted by Gasteiger charge is 2.38. The van der Waals surface area contributed by atoms with Crippen LogP contribution in [0.5, 0.6) is 0 Å². The van der Waals surface area contributed by atoms with Crippen LogP contribution in [0, 0.1) is 6.92 Å². The molecule has 3 atom stereocenters. The van der Waals surface area contributed by atoms with E-state index in [2.05, 4.69) is 4.98 Å². The molecule has 1 amide bonds. The standard InChI is InChI=1S/C12H18N2O5/c1-7-11(19-6-13-7)12(16)14(2)8-4-18-5-9(17-3)10(8)15/h6,8-10,15H,4-5H2,1-3H3/t8-,9-,10+/m1/s1. The van der Waals surface area contributed by atoms with Crippen LogP contribution >= 0.6 is 0 Å². The minimum Gasteiger partial charge on any atom is -0.438 e. The largest absolute Gasteiger partial charge is 0.438 e. The van der Waals surface area contributed by atoms with Gasteiger partial charge in [0.15, 0.2) is 6.39 Å². The first-order valence-corrected chi connectivity index (χ1v) is 6.02. The van der Waals surface area contributed by atoms with Crippen LogP contribution in [0.25, 0.3) is 0 Å². The molecular weight excluding hydrogens is 252 g/mol. The highest BCUT2D eigenvalue weighted by atomic mass is 16.5. The van der Waals surface area contributed by atoms with Gasteiger partial charge in [0, 0.05) is 14.2 Å². The molecule has 0 spiro atoms. The number of oxazole rings is 1. The first-order valence-electron chi connectivity index (χ1n) is 6.02. The summed E-state index contributed by atoms with van der Waals surface area (Å²) in [6, 6.07) is -0.476. The van der Waals surface area contributed by atoms with Crippen molar-refractivity contribution in [3.63, 3.8) is 0 Å². The summed E-state index contributed by atoms with van der Waals surface area (Å²) in [6.45, 7) is 2.27. The van der Waals surface area contributed by atoms with Crippen molar-refractivity contribution in [2.45, 2.75) is 25.2 Å². The second-order valence-corrected chi connectivity index (χ2v) is 4.55. The zero-order valence-electron chi connectivity index (χ0n) is 11.2. The zero-order valence-corrected chi connectivity index (χ0v) is 11.2. The van der Waals surface area contributed by atoms with Gasteiger partial charge in [-0.1, -0.05) is 0 Å². The van der Waals surface area contributed by atoms with E-state index in [1.165, 1.54) is 18.4 Å². The Morgan fingerprint density at radius 3 is 2.89 bits per heavy atom. The van der Waals surface area contributed by atoms with E-state index >= 15 is 0 Å². The number of carbonyl (C=O) groups is 1. The summed E-state index contributed by atoms with van der Waals surface area (Å²) in [6.07, 6.45) is -0.0110. The van der Waals surface area contributed by atoms with Crippen LogP contribution in [0.2, 0.25) is 0 Å². The van der Waals surface area contributed by atoms with Gasteiger partial charge in [0.05, 0.1) is 24.9 Å². The van der Waals surface area contributed by atoms with Crippen LogP contribution in [-0.4, -0.2) is 66.5 Å². The van der Waals surface area contributed by atoms with Crippen molar-refractivity contribution >= 4 is 5.91 Å². The molecule has 2 rings (SSSR count). The highest BCUT2D eigenvalue weighted by molar-refractivity contribution is 5.92. The number of ether oxygens (including phenoxy) is 2. The average molecular weight is 270 g/mol. The molecule has 1 aromatic rings. The lowest BCUT2D eigenvalue weighted by Gasteiger charge is -2.38. The van der Waals surface area contributed by atoms with Crippen molar-refractivity contribution in [2.24, 2.45) is 0 Å². The van der Waals surface area contributed by atoms with Crippen molar-refractivity contribution in [3.8, 4) is 0 Å². The molecule has 7 heteroatoms. The summed E-state index contributed by atoms with van der Waals surface area (Å²) in [7, 11) is 3.10. The van der Waals surface area contributed by atoms with E-state index in [0.29, 0.717) is 12.3 Å². The number of aromatic nitrogens is 1. The summed E-state index contributed by atoms with van der Waals surface area (Å²) in [5.41, 5.74) is 0.520. The Bertz CT molecular complexity index is 447. The number of hydrogen-bond donors (Lipinski definition) is 1. The third-order valence-electron chi connectivity index (χ3n) is 3.41. The lowest BCUT2D eigenvalue weighted by atomic mass is 10.0. The Morgan fingerprint density at radius 1 is 1.58 bits per heavy atom. The van der Waals surface area contributed by atoms with Gasteiger partial charge in [-0.25, -0.2) is 4.98 Å². The molecule has 0 saturated carbocycles. The van der Waals surface area contributed by atoms with E-state index in [9.17, 15) is 9.90 Å². The van der Waals surface area contributed by atoms with Crippen LogP contribution in [0.15, 0.2) is 10.8 Å². The molecular formula is C12H18N2O5. The van der Waals surface area contributed by atoms with Crippen molar-refractivity contribution in [2.75, 3.05) is 27.4 Å². The fourth-order valence-electron chi connectivity index (χ4n) is 2.12. The Balaban J connectivity index is 2.12. The number of aliphatic hydroxyl groups excluding tert-OH is 1. The first kappa shape index (κ1) is 14.0. The zero-order chi connectivity index (χ0) is 14.0. The minimum atomic E-state index is -0.795. The maximum atomic E-state index is 12.3. The molecule has 0 aromatic carbocycles. The van der Waals surface area contributed by atoms with Crippen LogP contribution in [0.4, 0.5) is 0 Å². The Morgan fingerprint density at radius 2 is 2.32 bits per heavy atom. The van der Waals surface area contributed by atoms with Crippen molar-refractivity contribution in [1.29, 1.82) is 0 Å². The molecule has 2 heterocycles. The normalized spacial score (nSPS) is 27.3. The van der Waals surface area contributed by atoms with Gasteiger partial charge >= 0.3 is 0 Å². The molecule has 1 N–H and O–H groups in total. The van der Waals surface area contributed by atoms with Gasteiger partial charge in [0.2, 0.25) is 5.76 Å². The van der Waals surface area contributed by atoms with Crippen LogP contribution in [0.3, 0.4) is 0 Å². The molecule has 1 aliphatic heterocycles. The monoisotopic (exact) mass is 270 g/mol. The van der Waals surface area contributed by atoms with E-state index in [0.717, 1.165) is 0 Å².